The standard InChI is InChI=1S/C20H23N3O3/c24-15-20(12-16-6-2-1-3-7-16)9-5-11-23(14-20)19(26)18(25)22-17-8-4-10-21-13-17/h1-4,6-8,10,13,24H,5,9,11-12,14-15H2,(H,22,25). The van der Waals surface area contributed by atoms with Gasteiger partial charge in [-0.15, -0.1) is 0 Å². The van der Waals surface area contributed by atoms with Crippen molar-refractivity contribution < 1.29 is 14.7 Å². The number of amides is 2. The molecule has 0 aliphatic carbocycles. The smallest absolute Gasteiger partial charge is 0.313 e. The van der Waals surface area contributed by atoms with E-state index >= 15 is 0 Å². The molecule has 2 aromatic rings. The normalized spacial score (nSPS) is 19.8. The first-order chi connectivity index (χ1) is 12.6. The molecule has 1 unspecified atom stereocenters. The molecule has 1 atom stereocenters. The average molecular weight is 353 g/mol. The first kappa shape index (κ1) is 18.1. The molecule has 6 heteroatoms. The second-order valence-corrected chi connectivity index (χ2v) is 6.85. The molecule has 2 heterocycles. The maximum atomic E-state index is 12.6. The third-order valence-corrected chi connectivity index (χ3v) is 4.82. The molecule has 0 saturated carbocycles. The molecule has 6 nitrogen and oxygen atoms in total. The van der Waals surface area contributed by atoms with E-state index in [1.54, 1.807) is 23.2 Å². The van der Waals surface area contributed by atoms with Crippen LogP contribution in [0.15, 0.2) is 54.9 Å². The number of hydrogen-bond donors (Lipinski definition) is 2. The van der Waals surface area contributed by atoms with Crippen LogP contribution in [-0.4, -0.2) is 46.5 Å². The van der Waals surface area contributed by atoms with Gasteiger partial charge in [-0.2, -0.15) is 0 Å². The lowest BCUT2D eigenvalue weighted by Gasteiger charge is -2.41. The zero-order valence-corrected chi connectivity index (χ0v) is 14.6. The van der Waals surface area contributed by atoms with Gasteiger partial charge >= 0.3 is 11.8 Å². The fraction of sp³-hybridized carbons (Fsp3) is 0.350. The lowest BCUT2D eigenvalue weighted by Crippen LogP contribution is -2.51. The average Bonchev–Trinajstić information content (AvgIpc) is 2.69. The van der Waals surface area contributed by atoms with E-state index in [1.165, 1.54) is 6.20 Å². The van der Waals surface area contributed by atoms with Gasteiger partial charge in [-0.05, 0) is 37.0 Å². The van der Waals surface area contributed by atoms with Crippen LogP contribution in [0.4, 0.5) is 5.69 Å². The fourth-order valence-electron chi connectivity index (χ4n) is 3.50. The van der Waals surface area contributed by atoms with Crippen LogP contribution < -0.4 is 5.32 Å². The summed E-state index contributed by atoms with van der Waals surface area (Å²) in [6.07, 6.45) is 5.36. The number of hydrogen-bond acceptors (Lipinski definition) is 4. The maximum absolute atomic E-state index is 12.6. The van der Waals surface area contributed by atoms with Crippen LogP contribution in [0.5, 0.6) is 0 Å². The van der Waals surface area contributed by atoms with Crippen molar-refractivity contribution in [2.75, 3.05) is 25.0 Å². The van der Waals surface area contributed by atoms with Gasteiger partial charge in [0.1, 0.15) is 0 Å². The maximum Gasteiger partial charge on any atom is 0.313 e. The molecule has 1 aromatic carbocycles. The van der Waals surface area contributed by atoms with Crippen molar-refractivity contribution in [1.82, 2.24) is 9.88 Å². The number of nitrogens with one attached hydrogen (secondary N) is 1. The summed E-state index contributed by atoms with van der Waals surface area (Å²) in [4.78, 5) is 30.3. The second-order valence-electron chi connectivity index (χ2n) is 6.85. The Bertz CT molecular complexity index is 751. The number of aliphatic hydroxyl groups excluding tert-OH is 1. The van der Waals surface area contributed by atoms with Gasteiger partial charge in [0.05, 0.1) is 18.5 Å². The van der Waals surface area contributed by atoms with Gasteiger partial charge in [0.15, 0.2) is 0 Å². The summed E-state index contributed by atoms with van der Waals surface area (Å²) in [7, 11) is 0. The highest BCUT2D eigenvalue weighted by Gasteiger charge is 2.38. The van der Waals surface area contributed by atoms with Crippen molar-refractivity contribution in [3.63, 3.8) is 0 Å². The number of piperidine rings is 1. The number of aliphatic hydroxyl groups is 1. The Labute approximate surface area is 152 Å². The van der Waals surface area contributed by atoms with Crippen LogP contribution in [0.25, 0.3) is 0 Å². The molecular formula is C20H23N3O3. The number of pyridine rings is 1. The summed E-state index contributed by atoms with van der Waals surface area (Å²) in [6.45, 7) is 0.878. The minimum Gasteiger partial charge on any atom is -0.396 e. The predicted octanol–water partition coefficient (Wildman–Crippen LogP) is 1.86. The van der Waals surface area contributed by atoms with Crippen molar-refractivity contribution in [3.8, 4) is 0 Å². The summed E-state index contributed by atoms with van der Waals surface area (Å²) in [5.74, 6) is -1.24. The minimum atomic E-state index is -0.675. The van der Waals surface area contributed by atoms with Crippen LogP contribution in [-0.2, 0) is 16.0 Å². The largest absolute Gasteiger partial charge is 0.396 e. The SMILES string of the molecule is O=C(Nc1cccnc1)C(=O)N1CCCC(CO)(Cc2ccccc2)C1. The van der Waals surface area contributed by atoms with Crippen LogP contribution in [0.3, 0.4) is 0 Å². The number of rotatable bonds is 4. The number of benzene rings is 1. The molecule has 1 aliphatic heterocycles. The molecule has 26 heavy (non-hydrogen) atoms. The van der Waals surface area contributed by atoms with Crippen molar-refractivity contribution >= 4 is 17.5 Å². The highest BCUT2D eigenvalue weighted by molar-refractivity contribution is 6.39. The van der Waals surface area contributed by atoms with E-state index in [0.717, 1.165) is 18.4 Å². The predicted molar refractivity (Wildman–Crippen MR) is 98.3 cm³/mol. The van der Waals surface area contributed by atoms with Crippen molar-refractivity contribution in [3.05, 3.63) is 60.4 Å². The van der Waals surface area contributed by atoms with E-state index in [2.05, 4.69) is 10.3 Å². The third-order valence-electron chi connectivity index (χ3n) is 4.82. The quantitative estimate of drug-likeness (QED) is 0.822. The first-order valence-electron chi connectivity index (χ1n) is 8.77. The number of aromatic nitrogens is 1. The Hall–Kier alpha value is -2.73. The summed E-state index contributed by atoms with van der Waals surface area (Å²) in [5.41, 5.74) is 1.19. The molecule has 0 spiro atoms. The van der Waals surface area contributed by atoms with Gasteiger partial charge in [0, 0.05) is 24.7 Å². The zero-order chi connectivity index (χ0) is 18.4. The van der Waals surface area contributed by atoms with Crippen LogP contribution >= 0.6 is 0 Å². The van der Waals surface area contributed by atoms with Crippen molar-refractivity contribution in [1.29, 1.82) is 0 Å². The number of carbonyl (C=O) groups is 2. The Morgan fingerprint density at radius 1 is 1.19 bits per heavy atom. The molecule has 1 aromatic heterocycles. The molecule has 3 rings (SSSR count). The summed E-state index contributed by atoms with van der Waals surface area (Å²) in [6, 6.07) is 13.3. The highest BCUT2D eigenvalue weighted by Crippen LogP contribution is 2.33. The van der Waals surface area contributed by atoms with Gasteiger partial charge in [-0.3, -0.25) is 14.6 Å². The zero-order valence-electron chi connectivity index (χ0n) is 14.6. The summed E-state index contributed by atoms with van der Waals surface area (Å²) in [5, 5.41) is 12.6. The molecular weight excluding hydrogens is 330 g/mol. The van der Waals surface area contributed by atoms with E-state index < -0.39 is 17.2 Å². The van der Waals surface area contributed by atoms with E-state index in [1.807, 2.05) is 30.3 Å². The third kappa shape index (κ3) is 4.26. The minimum absolute atomic E-state index is 0.0180. The molecule has 0 radical (unpaired) electrons. The Balaban J connectivity index is 1.68. The number of carbonyl (C=O) groups excluding carboxylic acids is 2. The van der Waals surface area contributed by atoms with E-state index in [9.17, 15) is 14.7 Å². The molecule has 136 valence electrons. The van der Waals surface area contributed by atoms with Crippen molar-refractivity contribution in [2.24, 2.45) is 5.41 Å². The Kier molecular flexibility index (Phi) is 5.63. The van der Waals surface area contributed by atoms with E-state index in [-0.39, 0.29) is 6.61 Å². The number of likely N-dealkylation sites (tertiary alicyclic amines) is 1. The molecule has 1 saturated heterocycles. The van der Waals surface area contributed by atoms with Gasteiger partial charge in [-0.1, -0.05) is 30.3 Å². The van der Waals surface area contributed by atoms with Gasteiger partial charge in [-0.25, -0.2) is 0 Å². The molecule has 0 bridgehead atoms. The van der Waals surface area contributed by atoms with Crippen molar-refractivity contribution in [2.45, 2.75) is 19.3 Å². The van der Waals surface area contributed by atoms with Crippen LogP contribution in [0.2, 0.25) is 0 Å². The Morgan fingerprint density at radius 3 is 2.69 bits per heavy atom. The summed E-state index contributed by atoms with van der Waals surface area (Å²) >= 11 is 0. The number of nitrogens with zero attached hydrogens (tertiary/aromatic N) is 2. The number of anilines is 1. The topological polar surface area (TPSA) is 82.5 Å². The van der Waals surface area contributed by atoms with E-state index in [0.29, 0.717) is 25.2 Å². The lowest BCUT2D eigenvalue weighted by molar-refractivity contribution is -0.146. The lowest BCUT2D eigenvalue weighted by atomic mass is 9.75. The van der Waals surface area contributed by atoms with E-state index in [4.69, 9.17) is 0 Å². The van der Waals surface area contributed by atoms with Crippen LogP contribution in [0, 0.1) is 5.41 Å². The summed E-state index contributed by atoms with van der Waals surface area (Å²) < 4.78 is 0. The molecule has 1 fully saturated rings. The Morgan fingerprint density at radius 2 is 2.00 bits per heavy atom. The molecule has 1 aliphatic rings. The fourth-order valence-corrected chi connectivity index (χ4v) is 3.50. The van der Waals surface area contributed by atoms with Gasteiger partial charge < -0.3 is 15.3 Å². The monoisotopic (exact) mass is 353 g/mol. The first-order valence-corrected chi connectivity index (χ1v) is 8.77. The molecule has 2 amide bonds. The van der Waals surface area contributed by atoms with Gasteiger partial charge in [0.2, 0.25) is 0 Å². The molecule has 2 N–H and O–H groups in total. The second kappa shape index (κ2) is 8.10. The van der Waals surface area contributed by atoms with Gasteiger partial charge in [0.25, 0.3) is 0 Å². The highest BCUT2D eigenvalue weighted by atomic mass is 16.3. The van der Waals surface area contributed by atoms with Crippen LogP contribution in [0.1, 0.15) is 18.4 Å².